The van der Waals surface area contributed by atoms with Crippen molar-refractivity contribution in [2.24, 2.45) is 0 Å². The van der Waals surface area contributed by atoms with E-state index in [0.717, 1.165) is 24.0 Å². The van der Waals surface area contributed by atoms with E-state index in [1.165, 1.54) is 44.9 Å². The lowest BCUT2D eigenvalue weighted by Gasteiger charge is -2.22. The minimum absolute atomic E-state index is 0.573. The zero-order valence-electron chi connectivity index (χ0n) is 12.2. The Morgan fingerprint density at radius 3 is 2.37 bits per heavy atom. The molecule has 0 aliphatic heterocycles. The molecule has 0 atom stereocenters. The predicted molar refractivity (Wildman–Crippen MR) is 80.7 cm³/mol. The normalized spacial score (nSPS) is 17.6. The molecule has 106 valence electrons. The summed E-state index contributed by atoms with van der Waals surface area (Å²) >= 11 is 0. The SMILES string of the molecule is CCNc1cc(NC2CCCCCCC2)nc(C)n1. The van der Waals surface area contributed by atoms with Crippen molar-refractivity contribution in [2.75, 3.05) is 17.2 Å². The van der Waals surface area contributed by atoms with Crippen LogP contribution < -0.4 is 10.6 Å². The summed E-state index contributed by atoms with van der Waals surface area (Å²) in [7, 11) is 0. The smallest absolute Gasteiger partial charge is 0.132 e. The molecule has 0 spiro atoms. The van der Waals surface area contributed by atoms with Crippen molar-refractivity contribution in [3.8, 4) is 0 Å². The molecule has 1 aromatic heterocycles. The number of hydrogen-bond donors (Lipinski definition) is 2. The van der Waals surface area contributed by atoms with Crippen molar-refractivity contribution in [3.63, 3.8) is 0 Å². The molecule has 1 aromatic rings. The monoisotopic (exact) mass is 262 g/mol. The number of rotatable bonds is 4. The molecular weight excluding hydrogens is 236 g/mol. The van der Waals surface area contributed by atoms with E-state index < -0.39 is 0 Å². The van der Waals surface area contributed by atoms with Gasteiger partial charge in [-0.05, 0) is 26.7 Å². The number of aromatic nitrogens is 2. The molecule has 2 N–H and O–H groups in total. The Morgan fingerprint density at radius 2 is 1.68 bits per heavy atom. The molecule has 0 amide bonds. The highest BCUT2D eigenvalue weighted by molar-refractivity contribution is 5.47. The van der Waals surface area contributed by atoms with Crippen LogP contribution in [0.25, 0.3) is 0 Å². The van der Waals surface area contributed by atoms with E-state index >= 15 is 0 Å². The molecule has 1 saturated carbocycles. The summed E-state index contributed by atoms with van der Waals surface area (Å²) < 4.78 is 0. The number of hydrogen-bond acceptors (Lipinski definition) is 4. The summed E-state index contributed by atoms with van der Waals surface area (Å²) in [5, 5.41) is 6.85. The van der Waals surface area contributed by atoms with Crippen LogP contribution in [0.3, 0.4) is 0 Å². The minimum atomic E-state index is 0.573. The highest BCUT2D eigenvalue weighted by atomic mass is 15.1. The average molecular weight is 262 g/mol. The van der Waals surface area contributed by atoms with E-state index in [4.69, 9.17) is 0 Å². The van der Waals surface area contributed by atoms with Crippen molar-refractivity contribution in [1.29, 1.82) is 0 Å². The summed E-state index contributed by atoms with van der Waals surface area (Å²) in [6.07, 6.45) is 9.36. The Balaban J connectivity index is 1.99. The zero-order valence-corrected chi connectivity index (χ0v) is 12.2. The van der Waals surface area contributed by atoms with E-state index in [-0.39, 0.29) is 0 Å². The van der Waals surface area contributed by atoms with Gasteiger partial charge < -0.3 is 10.6 Å². The van der Waals surface area contributed by atoms with Gasteiger partial charge in [0.1, 0.15) is 17.5 Å². The molecule has 0 aromatic carbocycles. The average Bonchev–Trinajstić information content (AvgIpc) is 2.32. The number of nitrogens with one attached hydrogen (secondary N) is 2. The largest absolute Gasteiger partial charge is 0.370 e. The second-order valence-electron chi connectivity index (χ2n) is 5.40. The summed E-state index contributed by atoms with van der Waals surface area (Å²) in [6.45, 7) is 4.92. The van der Waals surface area contributed by atoms with Crippen LogP contribution in [0.15, 0.2) is 6.07 Å². The highest BCUT2D eigenvalue weighted by Gasteiger charge is 2.12. The second-order valence-corrected chi connectivity index (χ2v) is 5.40. The molecular formula is C15H26N4. The number of nitrogens with zero attached hydrogens (tertiary/aromatic N) is 2. The van der Waals surface area contributed by atoms with E-state index in [1.807, 2.05) is 13.0 Å². The van der Waals surface area contributed by atoms with E-state index in [0.29, 0.717) is 6.04 Å². The van der Waals surface area contributed by atoms with Crippen molar-refractivity contribution in [3.05, 3.63) is 11.9 Å². The van der Waals surface area contributed by atoms with Gasteiger partial charge in [-0.3, -0.25) is 0 Å². The molecule has 4 heteroatoms. The Morgan fingerprint density at radius 1 is 1.05 bits per heavy atom. The van der Waals surface area contributed by atoms with Gasteiger partial charge in [0.2, 0.25) is 0 Å². The third-order valence-electron chi connectivity index (χ3n) is 3.65. The maximum atomic E-state index is 4.50. The lowest BCUT2D eigenvalue weighted by molar-refractivity contribution is 0.470. The van der Waals surface area contributed by atoms with Crippen LogP contribution in [0.2, 0.25) is 0 Å². The lowest BCUT2D eigenvalue weighted by atomic mass is 9.97. The van der Waals surface area contributed by atoms with Gasteiger partial charge in [-0.25, -0.2) is 9.97 Å². The first-order valence-electron chi connectivity index (χ1n) is 7.64. The van der Waals surface area contributed by atoms with E-state index in [2.05, 4.69) is 27.5 Å². The van der Waals surface area contributed by atoms with Gasteiger partial charge in [-0.15, -0.1) is 0 Å². The number of aryl methyl sites for hydroxylation is 1. The summed E-state index contributed by atoms with van der Waals surface area (Å²) in [4.78, 5) is 8.89. The van der Waals surface area contributed by atoms with Crippen molar-refractivity contribution >= 4 is 11.6 Å². The lowest BCUT2D eigenvalue weighted by Crippen LogP contribution is -2.21. The van der Waals surface area contributed by atoms with Gasteiger partial charge in [0, 0.05) is 18.7 Å². The van der Waals surface area contributed by atoms with Crippen molar-refractivity contribution < 1.29 is 0 Å². The fourth-order valence-electron chi connectivity index (χ4n) is 2.72. The van der Waals surface area contributed by atoms with Crippen LogP contribution in [0, 0.1) is 6.92 Å². The first-order chi connectivity index (χ1) is 9.28. The fourth-order valence-corrected chi connectivity index (χ4v) is 2.72. The van der Waals surface area contributed by atoms with Crippen LogP contribution >= 0.6 is 0 Å². The molecule has 0 saturated heterocycles. The third kappa shape index (κ3) is 4.69. The van der Waals surface area contributed by atoms with E-state index in [9.17, 15) is 0 Å². The Labute approximate surface area is 116 Å². The molecule has 1 aliphatic carbocycles. The third-order valence-corrected chi connectivity index (χ3v) is 3.65. The number of anilines is 2. The molecule has 19 heavy (non-hydrogen) atoms. The van der Waals surface area contributed by atoms with Gasteiger partial charge in [0.15, 0.2) is 0 Å². The van der Waals surface area contributed by atoms with Gasteiger partial charge >= 0.3 is 0 Å². The highest BCUT2D eigenvalue weighted by Crippen LogP contribution is 2.21. The van der Waals surface area contributed by atoms with Crippen molar-refractivity contribution in [1.82, 2.24) is 9.97 Å². The minimum Gasteiger partial charge on any atom is -0.370 e. The topological polar surface area (TPSA) is 49.8 Å². The van der Waals surface area contributed by atoms with Crippen LogP contribution in [0.5, 0.6) is 0 Å². The first-order valence-corrected chi connectivity index (χ1v) is 7.64. The van der Waals surface area contributed by atoms with Crippen LogP contribution in [0.4, 0.5) is 11.6 Å². The maximum absolute atomic E-state index is 4.50. The quantitative estimate of drug-likeness (QED) is 0.868. The standard InChI is InChI=1S/C15H26N4/c1-3-16-14-11-15(18-12(2)17-14)19-13-9-7-5-4-6-8-10-13/h11,13H,3-10H2,1-2H3,(H2,16,17,18,19). The van der Waals surface area contributed by atoms with Gasteiger partial charge in [-0.1, -0.05) is 32.1 Å². The molecule has 1 heterocycles. The molecule has 0 unspecified atom stereocenters. The van der Waals surface area contributed by atoms with Gasteiger partial charge in [0.25, 0.3) is 0 Å². The molecule has 1 fully saturated rings. The fraction of sp³-hybridized carbons (Fsp3) is 0.733. The second kappa shape index (κ2) is 7.31. The van der Waals surface area contributed by atoms with Gasteiger partial charge in [0.05, 0.1) is 0 Å². The molecule has 1 aliphatic rings. The maximum Gasteiger partial charge on any atom is 0.132 e. The van der Waals surface area contributed by atoms with Crippen molar-refractivity contribution in [2.45, 2.75) is 64.8 Å². The summed E-state index contributed by atoms with van der Waals surface area (Å²) in [5.41, 5.74) is 0. The molecule has 4 nitrogen and oxygen atoms in total. The Hall–Kier alpha value is -1.32. The Bertz CT molecular complexity index is 384. The Kier molecular flexibility index (Phi) is 5.43. The summed E-state index contributed by atoms with van der Waals surface area (Å²) in [6, 6.07) is 2.60. The molecule has 2 rings (SSSR count). The van der Waals surface area contributed by atoms with E-state index in [1.54, 1.807) is 0 Å². The zero-order chi connectivity index (χ0) is 13.5. The molecule has 0 radical (unpaired) electrons. The van der Waals surface area contributed by atoms with Gasteiger partial charge in [-0.2, -0.15) is 0 Å². The summed E-state index contributed by atoms with van der Waals surface area (Å²) in [5.74, 6) is 2.71. The van der Waals surface area contributed by atoms with Crippen LogP contribution in [-0.4, -0.2) is 22.6 Å². The van der Waals surface area contributed by atoms with Crippen LogP contribution in [0.1, 0.15) is 57.7 Å². The molecule has 0 bridgehead atoms. The first kappa shape index (κ1) is 14.1. The van der Waals surface area contributed by atoms with Crippen LogP contribution in [-0.2, 0) is 0 Å². The predicted octanol–water partition coefficient (Wildman–Crippen LogP) is 3.74.